The molecular formula is C17H27NO2. The first-order valence-electron chi connectivity index (χ1n) is 8.40. The van der Waals surface area contributed by atoms with Crippen LogP contribution in [0.4, 0.5) is 0 Å². The van der Waals surface area contributed by atoms with Crippen molar-refractivity contribution in [3.05, 3.63) is 12.2 Å². The third-order valence-electron chi connectivity index (χ3n) is 6.10. The van der Waals surface area contributed by atoms with E-state index in [1.165, 1.54) is 32.2 Å². The second kappa shape index (κ2) is 5.43. The van der Waals surface area contributed by atoms with Crippen LogP contribution < -0.4 is 0 Å². The van der Waals surface area contributed by atoms with Crippen molar-refractivity contribution in [1.29, 1.82) is 0 Å². The fourth-order valence-corrected chi connectivity index (χ4v) is 4.99. The molecule has 1 heterocycles. The fraction of sp³-hybridized carbons (Fsp3) is 0.882. The highest BCUT2D eigenvalue weighted by Crippen LogP contribution is 2.44. The Morgan fingerprint density at radius 1 is 1.20 bits per heavy atom. The summed E-state index contributed by atoms with van der Waals surface area (Å²) in [6.07, 6.45) is 12.2. The molecule has 3 heteroatoms. The van der Waals surface area contributed by atoms with Gasteiger partial charge in [-0.2, -0.15) is 0 Å². The maximum atomic E-state index is 6.02. The summed E-state index contributed by atoms with van der Waals surface area (Å²) >= 11 is 0. The molecule has 4 aliphatic rings. The van der Waals surface area contributed by atoms with Gasteiger partial charge < -0.3 is 9.47 Å². The minimum Gasteiger partial charge on any atom is -0.381 e. The Morgan fingerprint density at radius 2 is 2.15 bits per heavy atom. The Kier molecular flexibility index (Phi) is 3.61. The summed E-state index contributed by atoms with van der Waals surface area (Å²) in [6.45, 7) is 3.33. The number of ether oxygens (including phenoxy) is 2. The number of hydrogen-bond donors (Lipinski definition) is 0. The van der Waals surface area contributed by atoms with Crippen LogP contribution in [0.1, 0.15) is 32.1 Å². The van der Waals surface area contributed by atoms with Crippen molar-refractivity contribution < 1.29 is 9.47 Å². The van der Waals surface area contributed by atoms with E-state index in [1.807, 2.05) is 7.11 Å². The lowest BCUT2D eigenvalue weighted by Crippen LogP contribution is -2.56. The molecule has 1 saturated heterocycles. The van der Waals surface area contributed by atoms with Gasteiger partial charge in [-0.15, -0.1) is 0 Å². The van der Waals surface area contributed by atoms with Gasteiger partial charge in [-0.3, -0.25) is 4.90 Å². The first-order valence-corrected chi connectivity index (χ1v) is 8.40. The number of fused-ring (bicyclic) bond motifs is 3. The van der Waals surface area contributed by atoms with E-state index in [9.17, 15) is 0 Å². The van der Waals surface area contributed by atoms with Gasteiger partial charge >= 0.3 is 0 Å². The normalized spacial score (nSPS) is 47.6. The van der Waals surface area contributed by atoms with E-state index in [0.29, 0.717) is 18.2 Å². The Morgan fingerprint density at radius 3 is 2.90 bits per heavy atom. The topological polar surface area (TPSA) is 21.7 Å². The third-order valence-corrected chi connectivity index (χ3v) is 6.10. The maximum Gasteiger partial charge on any atom is 0.0732 e. The van der Waals surface area contributed by atoms with E-state index >= 15 is 0 Å². The second-order valence-electron chi connectivity index (χ2n) is 7.18. The van der Waals surface area contributed by atoms with Crippen LogP contribution in [0.2, 0.25) is 0 Å². The summed E-state index contributed by atoms with van der Waals surface area (Å²) in [6, 6.07) is 0.602. The molecule has 4 rings (SSSR count). The molecule has 1 aliphatic heterocycles. The standard InChI is InChI=1S/C17H27NO2/c1-19-15-4-5-17-16(10-15)18(6-7-20-17)11-14-9-12-2-3-13(14)8-12/h2-3,12-17H,4-11H2,1H3/t12-,13-,14-,15+,16+,17-/m0/s1. The number of methoxy groups -OCH3 is 1. The SMILES string of the molecule is CO[C@@H]1CC[C@@H]2OCCN(C[C@@H]3C[C@H]4C=C[C@H]3C4)[C@@H]2C1. The predicted molar refractivity (Wildman–Crippen MR) is 78.6 cm³/mol. The van der Waals surface area contributed by atoms with Crippen LogP contribution in [-0.2, 0) is 9.47 Å². The van der Waals surface area contributed by atoms with Crippen LogP contribution >= 0.6 is 0 Å². The Balaban J connectivity index is 1.42. The lowest BCUT2D eigenvalue weighted by atomic mass is 9.86. The van der Waals surface area contributed by atoms with Gasteiger partial charge in [0.25, 0.3) is 0 Å². The quantitative estimate of drug-likeness (QED) is 0.740. The second-order valence-corrected chi connectivity index (χ2v) is 7.18. The first kappa shape index (κ1) is 13.3. The summed E-state index contributed by atoms with van der Waals surface area (Å²) in [7, 11) is 1.86. The molecule has 2 saturated carbocycles. The molecule has 2 bridgehead atoms. The lowest BCUT2D eigenvalue weighted by Gasteiger charge is -2.46. The van der Waals surface area contributed by atoms with Crippen molar-refractivity contribution >= 4 is 0 Å². The maximum absolute atomic E-state index is 6.02. The van der Waals surface area contributed by atoms with Crippen LogP contribution in [-0.4, -0.2) is 50.0 Å². The van der Waals surface area contributed by atoms with Crippen molar-refractivity contribution in [2.45, 2.75) is 50.4 Å². The molecule has 0 aromatic carbocycles. The summed E-state index contributed by atoms with van der Waals surface area (Å²) in [4.78, 5) is 2.73. The van der Waals surface area contributed by atoms with Gasteiger partial charge in [0, 0.05) is 26.2 Å². The zero-order valence-corrected chi connectivity index (χ0v) is 12.5. The van der Waals surface area contributed by atoms with Crippen LogP contribution in [0.25, 0.3) is 0 Å². The van der Waals surface area contributed by atoms with Gasteiger partial charge in [-0.05, 0) is 49.9 Å². The van der Waals surface area contributed by atoms with Crippen LogP contribution in [0, 0.1) is 17.8 Å². The molecule has 6 atom stereocenters. The molecule has 0 aromatic rings. The van der Waals surface area contributed by atoms with Gasteiger partial charge in [0.1, 0.15) is 0 Å². The molecule has 0 radical (unpaired) electrons. The van der Waals surface area contributed by atoms with Gasteiger partial charge in [-0.1, -0.05) is 12.2 Å². The van der Waals surface area contributed by atoms with E-state index in [4.69, 9.17) is 9.47 Å². The molecule has 0 N–H and O–H groups in total. The molecule has 20 heavy (non-hydrogen) atoms. The zero-order chi connectivity index (χ0) is 13.5. The van der Waals surface area contributed by atoms with Crippen molar-refractivity contribution in [3.63, 3.8) is 0 Å². The highest BCUT2D eigenvalue weighted by molar-refractivity contribution is 5.10. The highest BCUT2D eigenvalue weighted by atomic mass is 16.5. The molecule has 112 valence electrons. The van der Waals surface area contributed by atoms with E-state index < -0.39 is 0 Å². The van der Waals surface area contributed by atoms with Crippen LogP contribution in [0.15, 0.2) is 12.2 Å². The summed E-state index contributed by atoms with van der Waals surface area (Å²) < 4.78 is 11.6. The van der Waals surface area contributed by atoms with E-state index in [1.54, 1.807) is 0 Å². The first-order chi connectivity index (χ1) is 9.83. The van der Waals surface area contributed by atoms with Crippen LogP contribution in [0.5, 0.6) is 0 Å². The Labute approximate surface area is 122 Å². The van der Waals surface area contributed by atoms with Gasteiger partial charge in [0.2, 0.25) is 0 Å². The molecule has 3 aliphatic carbocycles. The van der Waals surface area contributed by atoms with E-state index in [-0.39, 0.29) is 0 Å². The minimum absolute atomic E-state index is 0.445. The lowest BCUT2D eigenvalue weighted by molar-refractivity contribution is -0.117. The fourth-order valence-electron chi connectivity index (χ4n) is 4.99. The Bertz CT molecular complexity index is 383. The van der Waals surface area contributed by atoms with E-state index in [0.717, 1.165) is 37.3 Å². The number of rotatable bonds is 3. The number of hydrogen-bond acceptors (Lipinski definition) is 3. The van der Waals surface area contributed by atoms with Crippen LogP contribution in [0.3, 0.4) is 0 Å². The third kappa shape index (κ3) is 2.34. The van der Waals surface area contributed by atoms with Crippen molar-refractivity contribution in [2.75, 3.05) is 26.8 Å². The van der Waals surface area contributed by atoms with Crippen molar-refractivity contribution in [3.8, 4) is 0 Å². The molecule has 0 spiro atoms. The van der Waals surface area contributed by atoms with Crippen molar-refractivity contribution in [1.82, 2.24) is 4.90 Å². The average Bonchev–Trinajstić information content (AvgIpc) is 3.10. The summed E-state index contributed by atoms with van der Waals surface area (Å²) in [5.74, 6) is 2.65. The Hall–Kier alpha value is -0.380. The number of nitrogens with zero attached hydrogens (tertiary/aromatic N) is 1. The number of morpholine rings is 1. The predicted octanol–water partition coefficient (Wildman–Crippen LogP) is 2.47. The monoisotopic (exact) mass is 277 g/mol. The molecule has 3 nitrogen and oxygen atoms in total. The molecule has 3 fully saturated rings. The van der Waals surface area contributed by atoms with Gasteiger partial charge in [0.15, 0.2) is 0 Å². The highest BCUT2D eigenvalue weighted by Gasteiger charge is 2.41. The smallest absolute Gasteiger partial charge is 0.0732 e. The average molecular weight is 277 g/mol. The minimum atomic E-state index is 0.445. The van der Waals surface area contributed by atoms with Gasteiger partial charge in [0.05, 0.1) is 18.8 Å². The molecule has 0 amide bonds. The number of allylic oxidation sites excluding steroid dienone is 2. The molecule has 0 unspecified atom stereocenters. The summed E-state index contributed by atoms with van der Waals surface area (Å²) in [5, 5.41) is 0. The zero-order valence-electron chi connectivity index (χ0n) is 12.5. The van der Waals surface area contributed by atoms with E-state index in [2.05, 4.69) is 17.1 Å². The molecule has 0 aromatic heterocycles. The summed E-state index contributed by atoms with van der Waals surface area (Å²) in [5.41, 5.74) is 0. The van der Waals surface area contributed by atoms with Gasteiger partial charge in [-0.25, -0.2) is 0 Å². The largest absolute Gasteiger partial charge is 0.381 e. The molecular weight excluding hydrogens is 250 g/mol. The van der Waals surface area contributed by atoms with Crippen molar-refractivity contribution in [2.24, 2.45) is 17.8 Å².